The number of thioether (sulfide) groups is 1. The fraction of sp³-hybridized carbons (Fsp3) is 0.421. The zero-order chi connectivity index (χ0) is 16.5. The van der Waals surface area contributed by atoms with Crippen molar-refractivity contribution in [1.82, 2.24) is 5.32 Å². The Morgan fingerprint density at radius 1 is 1.25 bits per heavy atom. The monoisotopic (exact) mass is 343 g/mol. The standard InChI is InChI=1S/C19H21NO3S/c1-12-2-5-14(6-3-12)24-11-13-4-7-17(23-13)19(21)20-16-10-18-15(16)8-9-22-18/h2-7,15-16,18H,8-11H2,1H3,(H,20,21)/t15-,16+,18+/m0/s1. The quantitative estimate of drug-likeness (QED) is 0.839. The molecule has 3 atom stereocenters. The lowest BCUT2D eigenvalue weighted by Crippen LogP contribution is -2.53. The molecule has 0 radical (unpaired) electrons. The number of rotatable bonds is 5. The second-order valence-electron chi connectivity index (χ2n) is 6.55. The molecule has 0 unspecified atom stereocenters. The van der Waals surface area contributed by atoms with Crippen molar-refractivity contribution in [3.8, 4) is 0 Å². The summed E-state index contributed by atoms with van der Waals surface area (Å²) in [7, 11) is 0. The fourth-order valence-corrected chi connectivity index (χ4v) is 4.16. The minimum Gasteiger partial charge on any atom is -0.455 e. The molecule has 0 bridgehead atoms. The topological polar surface area (TPSA) is 51.5 Å². The number of fused-ring (bicyclic) bond motifs is 1. The highest BCUT2D eigenvalue weighted by atomic mass is 32.2. The van der Waals surface area contributed by atoms with E-state index in [0.29, 0.717) is 17.8 Å². The summed E-state index contributed by atoms with van der Waals surface area (Å²) in [4.78, 5) is 13.5. The molecule has 2 aliphatic rings. The van der Waals surface area contributed by atoms with Crippen molar-refractivity contribution >= 4 is 17.7 Å². The molecule has 1 saturated carbocycles. The number of aryl methyl sites for hydroxylation is 1. The number of hydrogen-bond acceptors (Lipinski definition) is 4. The van der Waals surface area contributed by atoms with E-state index in [9.17, 15) is 4.79 Å². The number of ether oxygens (including phenoxy) is 1. The molecule has 0 spiro atoms. The third kappa shape index (κ3) is 3.23. The Balaban J connectivity index is 1.31. The summed E-state index contributed by atoms with van der Waals surface area (Å²) in [5.74, 6) is 2.31. The van der Waals surface area contributed by atoms with Gasteiger partial charge in [0.1, 0.15) is 5.76 Å². The van der Waals surface area contributed by atoms with E-state index in [1.54, 1.807) is 17.8 Å². The van der Waals surface area contributed by atoms with Gasteiger partial charge in [-0.2, -0.15) is 0 Å². The van der Waals surface area contributed by atoms with Crippen molar-refractivity contribution in [2.45, 2.75) is 42.6 Å². The third-order valence-corrected chi connectivity index (χ3v) is 5.90. The van der Waals surface area contributed by atoms with E-state index < -0.39 is 0 Å². The number of hydrogen-bond donors (Lipinski definition) is 1. The van der Waals surface area contributed by atoms with Crippen LogP contribution in [0.4, 0.5) is 0 Å². The van der Waals surface area contributed by atoms with Gasteiger partial charge in [-0.25, -0.2) is 0 Å². The van der Waals surface area contributed by atoms with E-state index in [1.165, 1.54) is 10.5 Å². The number of benzene rings is 1. The molecule has 126 valence electrons. The van der Waals surface area contributed by atoms with Gasteiger partial charge in [0.15, 0.2) is 5.76 Å². The van der Waals surface area contributed by atoms with E-state index in [-0.39, 0.29) is 11.9 Å². The third-order valence-electron chi connectivity index (χ3n) is 4.87. The van der Waals surface area contributed by atoms with Crippen LogP contribution in [0, 0.1) is 12.8 Å². The van der Waals surface area contributed by atoms with E-state index >= 15 is 0 Å². The maximum Gasteiger partial charge on any atom is 0.287 e. The van der Waals surface area contributed by atoms with E-state index in [4.69, 9.17) is 9.15 Å². The largest absolute Gasteiger partial charge is 0.455 e. The highest BCUT2D eigenvalue weighted by Gasteiger charge is 2.45. The summed E-state index contributed by atoms with van der Waals surface area (Å²) in [5.41, 5.74) is 1.25. The van der Waals surface area contributed by atoms with E-state index in [0.717, 1.165) is 31.0 Å². The maximum atomic E-state index is 12.3. The molecule has 2 fully saturated rings. The Kier molecular flexibility index (Phi) is 4.37. The van der Waals surface area contributed by atoms with Crippen molar-refractivity contribution in [2.75, 3.05) is 6.61 Å². The van der Waals surface area contributed by atoms with Gasteiger partial charge in [0.25, 0.3) is 5.91 Å². The van der Waals surface area contributed by atoms with Crippen LogP contribution in [0.3, 0.4) is 0 Å². The lowest BCUT2D eigenvalue weighted by atomic mass is 9.76. The van der Waals surface area contributed by atoms with E-state index in [2.05, 4.69) is 36.5 Å². The summed E-state index contributed by atoms with van der Waals surface area (Å²) in [6.07, 6.45) is 2.33. The van der Waals surface area contributed by atoms with Crippen molar-refractivity contribution < 1.29 is 13.9 Å². The minimum absolute atomic E-state index is 0.114. The number of nitrogens with one attached hydrogen (secondary N) is 1. The molecular formula is C19H21NO3S. The van der Waals surface area contributed by atoms with Gasteiger partial charge in [0, 0.05) is 23.5 Å². The molecule has 4 nitrogen and oxygen atoms in total. The lowest BCUT2D eigenvalue weighted by molar-refractivity contribution is 0.00771. The maximum absolute atomic E-state index is 12.3. The highest BCUT2D eigenvalue weighted by Crippen LogP contribution is 2.38. The van der Waals surface area contributed by atoms with Gasteiger partial charge >= 0.3 is 0 Å². The Morgan fingerprint density at radius 2 is 2.08 bits per heavy atom. The molecule has 1 aromatic heterocycles. The molecule has 2 heterocycles. The predicted octanol–water partition coefficient (Wildman–Crippen LogP) is 3.79. The predicted molar refractivity (Wildman–Crippen MR) is 93.2 cm³/mol. The molecule has 24 heavy (non-hydrogen) atoms. The van der Waals surface area contributed by atoms with Crippen LogP contribution in [0.25, 0.3) is 0 Å². The van der Waals surface area contributed by atoms with Crippen LogP contribution in [-0.2, 0) is 10.5 Å². The summed E-state index contributed by atoms with van der Waals surface area (Å²) >= 11 is 1.71. The van der Waals surface area contributed by atoms with Crippen molar-refractivity contribution in [2.24, 2.45) is 5.92 Å². The molecule has 1 amide bonds. The van der Waals surface area contributed by atoms with Crippen LogP contribution < -0.4 is 5.32 Å². The molecule has 1 aromatic carbocycles. The second kappa shape index (κ2) is 6.65. The smallest absolute Gasteiger partial charge is 0.287 e. The zero-order valence-corrected chi connectivity index (χ0v) is 14.5. The average Bonchev–Trinajstić information content (AvgIpc) is 3.19. The van der Waals surface area contributed by atoms with Gasteiger partial charge in [-0.3, -0.25) is 4.79 Å². The second-order valence-corrected chi connectivity index (χ2v) is 7.59. The van der Waals surface area contributed by atoms with Crippen molar-refractivity contribution in [3.63, 3.8) is 0 Å². The molecule has 1 aliphatic heterocycles. The van der Waals surface area contributed by atoms with Crippen LogP contribution in [-0.4, -0.2) is 24.7 Å². The number of carbonyl (C=O) groups is 1. The Bertz CT molecular complexity index is 724. The molecule has 5 heteroatoms. The Labute approximate surface area is 146 Å². The van der Waals surface area contributed by atoms with Crippen LogP contribution in [0.15, 0.2) is 45.7 Å². The van der Waals surface area contributed by atoms with Gasteiger partial charge in [-0.05, 0) is 44.0 Å². The van der Waals surface area contributed by atoms with E-state index in [1.807, 2.05) is 6.07 Å². The first-order valence-electron chi connectivity index (χ1n) is 8.40. The van der Waals surface area contributed by atoms with Gasteiger partial charge < -0.3 is 14.5 Å². The summed E-state index contributed by atoms with van der Waals surface area (Å²) in [6.45, 7) is 2.90. The number of carbonyl (C=O) groups excluding carboxylic acids is 1. The molecular weight excluding hydrogens is 322 g/mol. The SMILES string of the molecule is Cc1ccc(SCc2ccc(C(=O)N[C@@H]3C[C@H]4OCC[C@@H]34)o2)cc1. The molecule has 1 saturated heterocycles. The number of furan rings is 1. The van der Waals surface area contributed by atoms with Crippen LogP contribution in [0.5, 0.6) is 0 Å². The highest BCUT2D eigenvalue weighted by molar-refractivity contribution is 7.98. The summed E-state index contributed by atoms with van der Waals surface area (Å²) in [5, 5.41) is 3.08. The van der Waals surface area contributed by atoms with Crippen LogP contribution in [0.2, 0.25) is 0 Å². The van der Waals surface area contributed by atoms with Crippen LogP contribution >= 0.6 is 11.8 Å². The molecule has 1 N–H and O–H groups in total. The molecule has 1 aliphatic carbocycles. The fourth-order valence-electron chi connectivity index (χ4n) is 3.37. The average molecular weight is 343 g/mol. The first-order chi connectivity index (χ1) is 11.7. The normalized spacial score (nSPS) is 25.1. The molecule has 4 rings (SSSR count). The van der Waals surface area contributed by atoms with Crippen molar-refractivity contribution in [3.05, 3.63) is 53.5 Å². The van der Waals surface area contributed by atoms with Gasteiger partial charge in [0.05, 0.1) is 11.9 Å². The zero-order valence-electron chi connectivity index (χ0n) is 13.7. The van der Waals surface area contributed by atoms with Crippen molar-refractivity contribution in [1.29, 1.82) is 0 Å². The van der Waals surface area contributed by atoms with Gasteiger partial charge in [-0.15, -0.1) is 11.8 Å². The lowest BCUT2D eigenvalue weighted by Gasteiger charge is -2.39. The van der Waals surface area contributed by atoms with Crippen LogP contribution in [0.1, 0.15) is 34.7 Å². The Morgan fingerprint density at radius 3 is 2.88 bits per heavy atom. The van der Waals surface area contributed by atoms with Gasteiger partial charge in [-0.1, -0.05) is 17.7 Å². The molecule has 2 aromatic rings. The first-order valence-corrected chi connectivity index (χ1v) is 9.38. The van der Waals surface area contributed by atoms with Gasteiger partial charge in [0.2, 0.25) is 0 Å². The first kappa shape index (κ1) is 15.8. The Hall–Kier alpha value is -1.72. The number of amides is 1. The summed E-state index contributed by atoms with van der Waals surface area (Å²) < 4.78 is 11.3. The minimum atomic E-state index is -0.114. The summed E-state index contributed by atoms with van der Waals surface area (Å²) in [6, 6.07) is 12.3.